The number of benzene rings is 2. The highest BCUT2D eigenvalue weighted by Crippen LogP contribution is 2.25. The molecule has 0 radical (unpaired) electrons. The molecule has 0 unspecified atom stereocenters. The van der Waals surface area contributed by atoms with E-state index in [2.05, 4.69) is 31.5 Å². The van der Waals surface area contributed by atoms with Crippen LogP contribution in [0.4, 0.5) is 0 Å². The summed E-state index contributed by atoms with van der Waals surface area (Å²) in [5, 5.41) is 6.17. The predicted molar refractivity (Wildman–Crippen MR) is 126 cm³/mol. The van der Waals surface area contributed by atoms with Gasteiger partial charge in [-0.05, 0) is 31.2 Å². The second-order valence-electron chi connectivity index (χ2n) is 7.45. The van der Waals surface area contributed by atoms with E-state index in [1.54, 1.807) is 12.3 Å². The van der Waals surface area contributed by atoms with Crippen molar-refractivity contribution >= 4 is 44.0 Å². The third-order valence-electron chi connectivity index (χ3n) is 5.18. The largest absolute Gasteiger partial charge is 0.333 e. The van der Waals surface area contributed by atoms with Crippen molar-refractivity contribution < 1.29 is 0 Å². The fourth-order valence-corrected chi connectivity index (χ4v) is 4.04. The van der Waals surface area contributed by atoms with Gasteiger partial charge in [-0.3, -0.25) is 4.79 Å². The van der Waals surface area contributed by atoms with Gasteiger partial charge in [-0.1, -0.05) is 53.9 Å². The Morgan fingerprint density at radius 2 is 2.00 bits per heavy atom. The second-order valence-corrected chi connectivity index (χ2v) is 8.37. The Morgan fingerprint density at radius 3 is 2.73 bits per heavy atom. The standard InChI is InChI=1S/C24H21BrN4O/c1-5-12-28-16(4)20(18-8-6-7-9-22(18)28)14-26-29-23(15(2)3)27-21-11-10-17(25)13-19(21)24(29)30/h1,6-11,13-15H,12H2,2-4H3. The summed E-state index contributed by atoms with van der Waals surface area (Å²) in [6, 6.07) is 13.6. The van der Waals surface area contributed by atoms with Crippen molar-refractivity contribution in [3.8, 4) is 12.3 Å². The third-order valence-corrected chi connectivity index (χ3v) is 5.67. The first kappa shape index (κ1) is 20.1. The van der Waals surface area contributed by atoms with E-state index < -0.39 is 0 Å². The number of fused-ring (bicyclic) bond motifs is 2. The topological polar surface area (TPSA) is 52.2 Å². The fraction of sp³-hybridized carbons (Fsp3) is 0.208. The zero-order chi connectivity index (χ0) is 21.4. The molecule has 2 aromatic heterocycles. The van der Waals surface area contributed by atoms with E-state index in [0.29, 0.717) is 23.3 Å². The van der Waals surface area contributed by atoms with Gasteiger partial charge in [0.05, 0.1) is 23.7 Å². The molecule has 4 aromatic rings. The molecule has 2 aromatic carbocycles. The number of aromatic nitrogens is 3. The molecule has 6 heteroatoms. The van der Waals surface area contributed by atoms with Gasteiger partial charge in [0, 0.05) is 32.6 Å². The maximum Gasteiger partial charge on any atom is 0.282 e. The molecule has 0 bridgehead atoms. The zero-order valence-corrected chi connectivity index (χ0v) is 18.6. The van der Waals surface area contributed by atoms with Gasteiger partial charge in [0.2, 0.25) is 0 Å². The number of halogens is 1. The van der Waals surface area contributed by atoms with Crippen LogP contribution in [0, 0.1) is 19.3 Å². The SMILES string of the molecule is C#CCn1c(C)c(C=Nn2c(C(C)C)nc3ccc(Br)cc3c2=O)c2ccccc21. The molecule has 0 amide bonds. The fourth-order valence-electron chi connectivity index (χ4n) is 3.68. The van der Waals surface area contributed by atoms with Crippen LogP contribution in [0.25, 0.3) is 21.8 Å². The van der Waals surface area contributed by atoms with Crippen LogP contribution in [0.2, 0.25) is 0 Å². The summed E-state index contributed by atoms with van der Waals surface area (Å²) in [5.41, 5.74) is 3.48. The molecule has 0 atom stereocenters. The Morgan fingerprint density at radius 1 is 1.23 bits per heavy atom. The molecule has 2 heterocycles. The highest BCUT2D eigenvalue weighted by atomic mass is 79.9. The number of para-hydroxylation sites is 1. The molecule has 0 spiro atoms. The van der Waals surface area contributed by atoms with Crippen molar-refractivity contribution in [2.45, 2.75) is 33.2 Å². The predicted octanol–water partition coefficient (Wildman–Crippen LogP) is 5.06. The maximum atomic E-state index is 13.2. The third kappa shape index (κ3) is 3.35. The molecule has 0 N–H and O–H groups in total. The van der Waals surface area contributed by atoms with Crippen LogP contribution >= 0.6 is 15.9 Å². The van der Waals surface area contributed by atoms with Crippen LogP contribution in [0.3, 0.4) is 0 Å². The van der Waals surface area contributed by atoms with E-state index in [-0.39, 0.29) is 11.5 Å². The molecule has 0 aliphatic rings. The van der Waals surface area contributed by atoms with Crippen molar-refractivity contribution in [2.75, 3.05) is 0 Å². The average Bonchev–Trinajstić information content (AvgIpc) is 2.99. The molecule has 150 valence electrons. The molecular formula is C24H21BrN4O. The highest BCUT2D eigenvalue weighted by Gasteiger charge is 2.15. The average molecular weight is 461 g/mol. The molecular weight excluding hydrogens is 440 g/mol. The van der Waals surface area contributed by atoms with Crippen LogP contribution in [0.15, 0.2) is 56.8 Å². The Bertz CT molecular complexity index is 1400. The number of terminal acetylenes is 1. The minimum Gasteiger partial charge on any atom is -0.333 e. The van der Waals surface area contributed by atoms with Crippen molar-refractivity contribution in [1.29, 1.82) is 0 Å². The van der Waals surface area contributed by atoms with E-state index >= 15 is 0 Å². The minimum absolute atomic E-state index is 0.0341. The summed E-state index contributed by atoms with van der Waals surface area (Å²) in [6.07, 6.45) is 7.31. The summed E-state index contributed by atoms with van der Waals surface area (Å²) >= 11 is 3.44. The molecule has 0 fully saturated rings. The van der Waals surface area contributed by atoms with Gasteiger partial charge in [0.1, 0.15) is 5.82 Å². The Kier molecular flexibility index (Phi) is 5.31. The van der Waals surface area contributed by atoms with Gasteiger partial charge in [0.15, 0.2) is 0 Å². The number of nitrogens with zero attached hydrogens (tertiary/aromatic N) is 4. The Labute approximate surface area is 183 Å². The zero-order valence-electron chi connectivity index (χ0n) is 17.1. The van der Waals surface area contributed by atoms with E-state index in [1.165, 1.54) is 4.68 Å². The maximum absolute atomic E-state index is 13.2. The van der Waals surface area contributed by atoms with Gasteiger partial charge in [-0.15, -0.1) is 6.42 Å². The van der Waals surface area contributed by atoms with Crippen molar-refractivity contribution in [3.63, 3.8) is 0 Å². The monoisotopic (exact) mass is 460 g/mol. The van der Waals surface area contributed by atoms with Crippen LogP contribution in [0.5, 0.6) is 0 Å². The lowest BCUT2D eigenvalue weighted by Gasteiger charge is -2.12. The van der Waals surface area contributed by atoms with E-state index in [4.69, 9.17) is 11.4 Å². The lowest BCUT2D eigenvalue weighted by Crippen LogP contribution is -2.23. The molecule has 0 aliphatic heterocycles. The van der Waals surface area contributed by atoms with Crippen LogP contribution in [0.1, 0.15) is 36.8 Å². The molecule has 5 nitrogen and oxygen atoms in total. The number of rotatable bonds is 4. The molecule has 0 saturated heterocycles. The first-order valence-electron chi connectivity index (χ1n) is 9.70. The summed E-state index contributed by atoms with van der Waals surface area (Å²) < 4.78 is 4.32. The van der Waals surface area contributed by atoms with E-state index in [1.807, 2.05) is 57.2 Å². The van der Waals surface area contributed by atoms with Gasteiger partial charge < -0.3 is 4.57 Å². The number of hydrogen-bond donors (Lipinski definition) is 0. The van der Waals surface area contributed by atoms with Crippen molar-refractivity contribution in [2.24, 2.45) is 5.10 Å². The summed E-state index contributed by atoms with van der Waals surface area (Å²) in [7, 11) is 0. The Hall–Kier alpha value is -3.17. The lowest BCUT2D eigenvalue weighted by molar-refractivity contribution is 0.665. The normalized spacial score (nSPS) is 11.7. The molecule has 30 heavy (non-hydrogen) atoms. The van der Waals surface area contributed by atoms with E-state index in [9.17, 15) is 4.79 Å². The highest BCUT2D eigenvalue weighted by molar-refractivity contribution is 9.10. The summed E-state index contributed by atoms with van der Waals surface area (Å²) in [5.74, 6) is 3.37. The first-order chi connectivity index (χ1) is 14.4. The summed E-state index contributed by atoms with van der Waals surface area (Å²) in [6.45, 7) is 6.49. The molecule has 0 aliphatic carbocycles. The van der Waals surface area contributed by atoms with Gasteiger partial charge in [-0.25, -0.2) is 4.98 Å². The number of hydrogen-bond acceptors (Lipinski definition) is 3. The quantitative estimate of drug-likeness (QED) is 0.315. The van der Waals surface area contributed by atoms with E-state index in [0.717, 1.165) is 26.6 Å². The smallest absolute Gasteiger partial charge is 0.282 e. The lowest BCUT2D eigenvalue weighted by atomic mass is 10.1. The summed E-state index contributed by atoms with van der Waals surface area (Å²) in [4.78, 5) is 17.9. The Balaban J connectivity index is 1.95. The van der Waals surface area contributed by atoms with Crippen LogP contribution < -0.4 is 5.56 Å². The van der Waals surface area contributed by atoms with Gasteiger partial charge in [-0.2, -0.15) is 9.78 Å². The second kappa shape index (κ2) is 7.92. The van der Waals surface area contributed by atoms with Crippen molar-refractivity contribution in [3.05, 3.63) is 74.4 Å². The van der Waals surface area contributed by atoms with Crippen LogP contribution in [-0.2, 0) is 6.54 Å². The van der Waals surface area contributed by atoms with Gasteiger partial charge >= 0.3 is 0 Å². The molecule has 0 saturated carbocycles. The minimum atomic E-state index is -0.189. The molecule has 4 rings (SSSR count). The van der Waals surface area contributed by atoms with Gasteiger partial charge in [0.25, 0.3) is 5.56 Å². The van der Waals surface area contributed by atoms with Crippen molar-refractivity contribution in [1.82, 2.24) is 14.2 Å². The first-order valence-corrected chi connectivity index (χ1v) is 10.5. The van der Waals surface area contributed by atoms with Crippen LogP contribution in [-0.4, -0.2) is 20.4 Å².